The van der Waals surface area contributed by atoms with E-state index in [0.29, 0.717) is 5.54 Å². The highest BCUT2D eigenvalue weighted by Crippen LogP contribution is 2.48. The number of likely N-dealkylation sites (N-methyl/N-ethyl adjacent to an activating group) is 1. The number of nitrogens with two attached hydrogens (primary N) is 1. The van der Waals surface area contributed by atoms with Gasteiger partial charge in [-0.2, -0.15) is 0 Å². The first-order chi connectivity index (χ1) is 9.64. The quantitative estimate of drug-likeness (QED) is 0.857. The predicted octanol–water partition coefficient (Wildman–Crippen LogP) is 2.31. The molecule has 3 nitrogen and oxygen atoms in total. The summed E-state index contributed by atoms with van der Waals surface area (Å²) in [7, 11) is 4.47. The Kier molecular flexibility index (Phi) is 4.40. The highest BCUT2D eigenvalue weighted by atomic mass is 15.3. The van der Waals surface area contributed by atoms with Crippen LogP contribution in [0.25, 0.3) is 0 Å². The van der Waals surface area contributed by atoms with Crippen LogP contribution in [-0.4, -0.2) is 55.1 Å². The van der Waals surface area contributed by atoms with E-state index in [-0.39, 0.29) is 0 Å². The number of piperidine rings is 1. The Labute approximate surface area is 124 Å². The van der Waals surface area contributed by atoms with Gasteiger partial charge in [0.15, 0.2) is 0 Å². The molecule has 0 aromatic carbocycles. The fraction of sp³-hybridized carbons (Fsp3) is 1.00. The maximum absolute atomic E-state index is 6.32. The minimum absolute atomic E-state index is 0.334. The van der Waals surface area contributed by atoms with E-state index in [2.05, 4.69) is 23.9 Å². The van der Waals surface area contributed by atoms with Gasteiger partial charge in [0.1, 0.15) is 0 Å². The van der Waals surface area contributed by atoms with Crippen LogP contribution in [0.1, 0.15) is 51.4 Å². The Morgan fingerprint density at radius 1 is 1.10 bits per heavy atom. The lowest BCUT2D eigenvalue weighted by molar-refractivity contribution is -0.00559. The number of rotatable bonds is 4. The topological polar surface area (TPSA) is 32.5 Å². The highest BCUT2D eigenvalue weighted by Gasteiger charge is 2.45. The van der Waals surface area contributed by atoms with Crippen molar-refractivity contribution in [2.24, 2.45) is 17.6 Å². The van der Waals surface area contributed by atoms with Gasteiger partial charge in [0.25, 0.3) is 0 Å². The molecule has 0 bridgehead atoms. The van der Waals surface area contributed by atoms with E-state index in [0.717, 1.165) is 24.4 Å². The van der Waals surface area contributed by atoms with E-state index in [9.17, 15) is 0 Å². The molecule has 3 atom stereocenters. The fourth-order valence-electron chi connectivity index (χ4n) is 4.76. The molecule has 3 unspecified atom stereocenters. The summed E-state index contributed by atoms with van der Waals surface area (Å²) in [5.74, 6) is 2.03. The molecule has 2 saturated carbocycles. The largest absolute Gasteiger partial charge is 0.329 e. The normalized spacial score (nSPS) is 40.2. The van der Waals surface area contributed by atoms with Gasteiger partial charge in [-0.25, -0.2) is 0 Å². The first kappa shape index (κ1) is 14.8. The molecule has 1 saturated heterocycles. The summed E-state index contributed by atoms with van der Waals surface area (Å²) < 4.78 is 0. The monoisotopic (exact) mass is 279 g/mol. The van der Waals surface area contributed by atoms with E-state index < -0.39 is 0 Å². The average molecular weight is 279 g/mol. The SMILES string of the molecule is CN(C)C1CCCN(C2(CN)CCCC(C3CC3)C2)C1. The second-order valence-electron chi connectivity index (χ2n) is 7.83. The average Bonchev–Trinajstić information content (AvgIpc) is 3.32. The van der Waals surface area contributed by atoms with Gasteiger partial charge in [0, 0.05) is 24.7 Å². The van der Waals surface area contributed by atoms with Crippen molar-refractivity contribution in [3.05, 3.63) is 0 Å². The van der Waals surface area contributed by atoms with Gasteiger partial charge in [-0.05, 0) is 71.0 Å². The number of likely N-dealkylation sites (tertiary alicyclic amines) is 1. The molecule has 3 heteroatoms. The van der Waals surface area contributed by atoms with Gasteiger partial charge in [-0.15, -0.1) is 0 Å². The highest BCUT2D eigenvalue weighted by molar-refractivity contribution is 5.01. The standard InChI is InChI=1S/C17H33N3/c1-19(2)16-6-4-10-20(12-16)17(13-18)9-3-5-15(11-17)14-7-8-14/h14-16H,3-13,18H2,1-2H3. The number of hydrogen-bond acceptors (Lipinski definition) is 3. The van der Waals surface area contributed by atoms with Crippen molar-refractivity contribution in [1.82, 2.24) is 9.80 Å². The maximum Gasteiger partial charge on any atom is 0.0335 e. The van der Waals surface area contributed by atoms with Crippen molar-refractivity contribution < 1.29 is 0 Å². The van der Waals surface area contributed by atoms with Crippen LogP contribution in [-0.2, 0) is 0 Å². The smallest absolute Gasteiger partial charge is 0.0335 e. The minimum Gasteiger partial charge on any atom is -0.329 e. The van der Waals surface area contributed by atoms with Gasteiger partial charge < -0.3 is 10.6 Å². The predicted molar refractivity (Wildman–Crippen MR) is 84.7 cm³/mol. The maximum atomic E-state index is 6.32. The molecule has 1 aliphatic heterocycles. The van der Waals surface area contributed by atoms with E-state index in [1.807, 2.05) is 0 Å². The Morgan fingerprint density at radius 2 is 1.90 bits per heavy atom. The minimum atomic E-state index is 0.334. The van der Waals surface area contributed by atoms with Crippen LogP contribution < -0.4 is 5.73 Å². The molecule has 3 aliphatic rings. The molecule has 0 amide bonds. The number of nitrogens with zero attached hydrogens (tertiary/aromatic N) is 2. The molecule has 3 rings (SSSR count). The Morgan fingerprint density at radius 3 is 2.55 bits per heavy atom. The van der Waals surface area contributed by atoms with Crippen molar-refractivity contribution in [3.8, 4) is 0 Å². The Bertz CT molecular complexity index is 326. The van der Waals surface area contributed by atoms with E-state index >= 15 is 0 Å². The zero-order valence-electron chi connectivity index (χ0n) is 13.5. The van der Waals surface area contributed by atoms with Crippen LogP contribution >= 0.6 is 0 Å². The van der Waals surface area contributed by atoms with Gasteiger partial charge in [-0.1, -0.05) is 12.8 Å². The molecule has 0 spiro atoms. The second kappa shape index (κ2) is 5.94. The molecular formula is C17H33N3. The summed E-state index contributed by atoms with van der Waals surface area (Å²) >= 11 is 0. The third kappa shape index (κ3) is 2.90. The summed E-state index contributed by atoms with van der Waals surface area (Å²) in [6, 6.07) is 0.730. The van der Waals surface area contributed by atoms with Crippen molar-refractivity contribution in [2.45, 2.75) is 62.9 Å². The second-order valence-corrected chi connectivity index (χ2v) is 7.83. The van der Waals surface area contributed by atoms with Crippen LogP contribution in [0.4, 0.5) is 0 Å². The number of hydrogen-bond donors (Lipinski definition) is 1. The van der Waals surface area contributed by atoms with Crippen molar-refractivity contribution in [2.75, 3.05) is 33.7 Å². The summed E-state index contributed by atoms with van der Waals surface area (Å²) in [5.41, 5.74) is 6.65. The summed E-state index contributed by atoms with van der Waals surface area (Å²) in [6.45, 7) is 3.39. The first-order valence-electron chi connectivity index (χ1n) is 8.76. The summed E-state index contributed by atoms with van der Waals surface area (Å²) in [4.78, 5) is 5.20. The Balaban J connectivity index is 1.70. The summed E-state index contributed by atoms with van der Waals surface area (Å²) in [6.07, 6.45) is 11.3. The lowest BCUT2D eigenvalue weighted by atomic mass is 9.72. The zero-order chi connectivity index (χ0) is 14.2. The van der Waals surface area contributed by atoms with E-state index in [4.69, 9.17) is 5.73 Å². The third-order valence-electron chi connectivity index (χ3n) is 6.33. The lowest BCUT2D eigenvalue weighted by Crippen LogP contribution is -2.61. The molecule has 2 aliphatic carbocycles. The molecule has 116 valence electrons. The first-order valence-corrected chi connectivity index (χ1v) is 8.76. The molecule has 20 heavy (non-hydrogen) atoms. The molecule has 0 radical (unpaired) electrons. The van der Waals surface area contributed by atoms with Crippen molar-refractivity contribution >= 4 is 0 Å². The molecular weight excluding hydrogens is 246 g/mol. The van der Waals surface area contributed by atoms with Gasteiger partial charge in [-0.3, -0.25) is 4.90 Å². The van der Waals surface area contributed by atoms with Gasteiger partial charge in [0.05, 0.1) is 0 Å². The molecule has 0 aromatic heterocycles. The molecule has 3 fully saturated rings. The van der Waals surface area contributed by atoms with E-state index in [1.165, 1.54) is 64.5 Å². The van der Waals surface area contributed by atoms with Gasteiger partial charge >= 0.3 is 0 Å². The van der Waals surface area contributed by atoms with Crippen molar-refractivity contribution in [3.63, 3.8) is 0 Å². The van der Waals surface area contributed by atoms with Gasteiger partial charge in [0.2, 0.25) is 0 Å². The van der Waals surface area contributed by atoms with Crippen LogP contribution in [0.5, 0.6) is 0 Å². The third-order valence-corrected chi connectivity index (χ3v) is 6.33. The molecule has 2 N–H and O–H groups in total. The fourth-order valence-corrected chi connectivity index (χ4v) is 4.76. The lowest BCUT2D eigenvalue weighted by Gasteiger charge is -2.52. The van der Waals surface area contributed by atoms with Crippen LogP contribution in [0, 0.1) is 11.8 Å². The van der Waals surface area contributed by atoms with Crippen molar-refractivity contribution in [1.29, 1.82) is 0 Å². The molecule has 1 heterocycles. The van der Waals surface area contributed by atoms with Crippen LogP contribution in [0.15, 0.2) is 0 Å². The van der Waals surface area contributed by atoms with Crippen LogP contribution in [0.2, 0.25) is 0 Å². The summed E-state index contributed by atoms with van der Waals surface area (Å²) in [5, 5.41) is 0. The zero-order valence-corrected chi connectivity index (χ0v) is 13.5. The van der Waals surface area contributed by atoms with Crippen LogP contribution in [0.3, 0.4) is 0 Å². The molecule has 0 aromatic rings. The van der Waals surface area contributed by atoms with E-state index in [1.54, 1.807) is 0 Å². The Hall–Kier alpha value is -0.120.